The van der Waals surface area contributed by atoms with Crippen molar-refractivity contribution >= 4 is 23.8 Å². The zero-order valence-corrected chi connectivity index (χ0v) is 27.1. The molecular formula is C31H56BrO4P. The Labute approximate surface area is 236 Å². The highest BCUT2D eigenvalue weighted by molar-refractivity contribution is 9.09. The van der Waals surface area contributed by atoms with Crippen LogP contribution in [0.5, 0.6) is 0 Å². The summed E-state index contributed by atoms with van der Waals surface area (Å²) < 4.78 is 23.2. The summed E-state index contributed by atoms with van der Waals surface area (Å²) in [6, 6.07) is 0. The number of phosphoric ester groups is 1. The van der Waals surface area contributed by atoms with Crippen LogP contribution in [-0.2, 0) is 13.6 Å². The average molecular weight is 604 g/mol. The second kappa shape index (κ2) is 12.2. The lowest BCUT2D eigenvalue weighted by Gasteiger charge is -2.61. The summed E-state index contributed by atoms with van der Waals surface area (Å²) in [5, 5.41) is 0.534. The van der Waals surface area contributed by atoms with Crippen molar-refractivity contribution in [2.24, 2.45) is 58.2 Å². The second-order valence-electron chi connectivity index (χ2n) is 14.3. The minimum absolute atomic E-state index is 0.149. The van der Waals surface area contributed by atoms with Crippen LogP contribution in [0.2, 0.25) is 0 Å². The fraction of sp³-hybridized carbons (Fsp3) is 1.00. The van der Waals surface area contributed by atoms with Crippen molar-refractivity contribution in [3.8, 4) is 0 Å². The van der Waals surface area contributed by atoms with E-state index in [0.29, 0.717) is 22.1 Å². The van der Waals surface area contributed by atoms with E-state index in [2.05, 4.69) is 57.5 Å². The molecule has 37 heavy (non-hydrogen) atoms. The molecule has 0 radical (unpaired) electrons. The molecule has 0 saturated heterocycles. The van der Waals surface area contributed by atoms with Gasteiger partial charge in [-0.3, -0.25) is 9.05 Å². The fourth-order valence-corrected chi connectivity index (χ4v) is 11.7. The number of fused-ring (bicyclic) bond motifs is 5. The van der Waals surface area contributed by atoms with Crippen LogP contribution >= 0.6 is 23.8 Å². The van der Waals surface area contributed by atoms with E-state index in [0.717, 1.165) is 60.7 Å². The molecule has 1 N–H and O–H groups in total. The molecule has 0 aromatic rings. The van der Waals surface area contributed by atoms with Gasteiger partial charge in [-0.05, 0) is 122 Å². The van der Waals surface area contributed by atoms with Gasteiger partial charge in [0.15, 0.2) is 0 Å². The summed E-state index contributed by atoms with van der Waals surface area (Å²) in [6.45, 7) is 15.2. The number of hydrogen-bond donors (Lipinski definition) is 1. The van der Waals surface area contributed by atoms with Crippen LogP contribution in [0.25, 0.3) is 0 Å². The Morgan fingerprint density at radius 3 is 2.35 bits per heavy atom. The molecule has 4 aliphatic rings. The highest BCUT2D eigenvalue weighted by Crippen LogP contribution is 2.69. The van der Waals surface area contributed by atoms with Crippen molar-refractivity contribution in [2.45, 2.75) is 125 Å². The van der Waals surface area contributed by atoms with Crippen LogP contribution in [0.1, 0.15) is 119 Å². The van der Waals surface area contributed by atoms with Gasteiger partial charge in [0.25, 0.3) is 0 Å². The highest BCUT2D eigenvalue weighted by Gasteiger charge is 2.60. The van der Waals surface area contributed by atoms with Gasteiger partial charge in [-0.25, -0.2) is 4.57 Å². The van der Waals surface area contributed by atoms with Crippen LogP contribution < -0.4 is 0 Å². The summed E-state index contributed by atoms with van der Waals surface area (Å²) in [5.41, 5.74) is 0.884. The smallest absolute Gasteiger partial charge is 0.302 e. The van der Waals surface area contributed by atoms with Crippen molar-refractivity contribution in [3.63, 3.8) is 0 Å². The molecule has 4 saturated carbocycles. The summed E-state index contributed by atoms with van der Waals surface area (Å²) in [7, 11) is -3.97. The molecule has 4 nitrogen and oxygen atoms in total. The molecule has 0 aromatic heterocycles. The van der Waals surface area contributed by atoms with Crippen LogP contribution in [-0.4, -0.2) is 22.9 Å². The van der Waals surface area contributed by atoms with E-state index in [9.17, 15) is 9.46 Å². The molecule has 0 heterocycles. The van der Waals surface area contributed by atoms with Crippen molar-refractivity contribution in [1.29, 1.82) is 0 Å². The largest absolute Gasteiger partial charge is 0.472 e. The summed E-state index contributed by atoms with van der Waals surface area (Å²) >= 11 is 3.26. The molecule has 0 spiro atoms. The molecule has 5 unspecified atom stereocenters. The Morgan fingerprint density at radius 1 is 0.973 bits per heavy atom. The van der Waals surface area contributed by atoms with E-state index in [1.807, 2.05) is 0 Å². The molecule has 4 rings (SSSR count). The van der Waals surface area contributed by atoms with Crippen molar-refractivity contribution in [2.75, 3.05) is 11.9 Å². The zero-order chi connectivity index (χ0) is 27.0. The predicted octanol–water partition coefficient (Wildman–Crippen LogP) is 9.64. The maximum atomic E-state index is 12.4. The lowest BCUT2D eigenvalue weighted by molar-refractivity contribution is -0.128. The lowest BCUT2D eigenvalue weighted by atomic mass is 9.44. The molecule has 6 heteroatoms. The SMILES string of the molecule is CC[C@H](CC[C@@H](C)[C@H]1CCC2C3CCC4C[C@@H](OP(=O)(O)OCCBr)CC[C@]4(C)C3CC[C@@]21C)C(C)C. The number of phosphoric acid groups is 1. The minimum atomic E-state index is -3.97. The van der Waals surface area contributed by atoms with Gasteiger partial charge < -0.3 is 4.89 Å². The van der Waals surface area contributed by atoms with E-state index in [1.165, 1.54) is 57.8 Å². The molecule has 216 valence electrons. The lowest BCUT2D eigenvalue weighted by Crippen LogP contribution is -2.54. The van der Waals surface area contributed by atoms with Crippen molar-refractivity contribution in [1.82, 2.24) is 0 Å². The van der Waals surface area contributed by atoms with E-state index < -0.39 is 7.82 Å². The van der Waals surface area contributed by atoms with E-state index in [4.69, 9.17) is 9.05 Å². The standard InChI is InChI=1S/C31H56BrO4P/c1-7-23(21(2)3)9-8-22(4)27-12-13-28-26-11-10-24-20-25(36-37(33,34)35-19-18-32)14-16-30(24,5)29(26)15-17-31(27,28)6/h21-29H,7-20H2,1-6H3,(H,33,34)/t22-,23-,24?,25+,26?,27-,28?,29?,30+,31-/m1/s1. The first kappa shape index (κ1) is 30.5. The van der Waals surface area contributed by atoms with Crippen LogP contribution in [0.4, 0.5) is 0 Å². The van der Waals surface area contributed by atoms with E-state index in [1.54, 1.807) is 0 Å². The molecule has 11 atom stereocenters. The van der Waals surface area contributed by atoms with E-state index >= 15 is 0 Å². The summed E-state index contributed by atoms with van der Waals surface area (Å²) in [6.07, 6.45) is 15.2. The normalized spacial score (nSPS) is 42.9. The Morgan fingerprint density at radius 2 is 1.68 bits per heavy atom. The Balaban J connectivity index is 1.39. The summed E-state index contributed by atoms with van der Waals surface area (Å²) in [4.78, 5) is 10.1. The van der Waals surface area contributed by atoms with Gasteiger partial charge in [0.05, 0.1) is 12.7 Å². The predicted molar refractivity (Wildman–Crippen MR) is 157 cm³/mol. The minimum Gasteiger partial charge on any atom is -0.302 e. The van der Waals surface area contributed by atoms with E-state index in [-0.39, 0.29) is 12.7 Å². The summed E-state index contributed by atoms with van der Waals surface area (Å²) in [5.74, 6) is 6.63. The third-order valence-corrected chi connectivity index (χ3v) is 13.8. The Kier molecular flexibility index (Phi) is 10.1. The van der Waals surface area contributed by atoms with Crippen molar-refractivity contribution < 1.29 is 18.5 Å². The molecule has 0 amide bonds. The molecular weight excluding hydrogens is 547 g/mol. The second-order valence-corrected chi connectivity index (χ2v) is 16.5. The van der Waals surface area contributed by atoms with Gasteiger partial charge in [-0.2, -0.15) is 0 Å². The average Bonchev–Trinajstić information content (AvgIpc) is 3.20. The van der Waals surface area contributed by atoms with Crippen molar-refractivity contribution in [3.05, 3.63) is 0 Å². The Hall–Kier alpha value is 0.590. The third-order valence-electron chi connectivity index (χ3n) is 12.5. The first-order valence-electron chi connectivity index (χ1n) is 15.7. The van der Waals surface area contributed by atoms with Crippen LogP contribution in [0, 0.1) is 58.2 Å². The first-order valence-corrected chi connectivity index (χ1v) is 18.3. The maximum Gasteiger partial charge on any atom is 0.472 e. The highest BCUT2D eigenvalue weighted by atomic mass is 79.9. The first-order chi connectivity index (χ1) is 17.4. The Bertz CT molecular complexity index is 806. The topological polar surface area (TPSA) is 55.8 Å². The molecule has 0 aliphatic heterocycles. The van der Waals surface area contributed by atoms with Gasteiger partial charge in [-0.1, -0.05) is 70.3 Å². The van der Waals surface area contributed by atoms with Gasteiger partial charge in [0, 0.05) is 5.33 Å². The van der Waals surface area contributed by atoms with Gasteiger partial charge in [-0.15, -0.1) is 0 Å². The maximum absolute atomic E-state index is 12.4. The number of halogens is 1. The fourth-order valence-electron chi connectivity index (χ4n) is 10.3. The quantitative estimate of drug-likeness (QED) is 0.189. The molecule has 0 bridgehead atoms. The van der Waals surface area contributed by atoms with Crippen LogP contribution in [0.3, 0.4) is 0 Å². The molecule has 4 fully saturated rings. The number of alkyl halides is 1. The van der Waals surface area contributed by atoms with Gasteiger partial charge >= 0.3 is 7.82 Å². The molecule has 4 aliphatic carbocycles. The number of hydrogen-bond acceptors (Lipinski definition) is 3. The number of rotatable bonds is 11. The van der Waals surface area contributed by atoms with Gasteiger partial charge in [0.1, 0.15) is 0 Å². The van der Waals surface area contributed by atoms with Crippen LogP contribution in [0.15, 0.2) is 0 Å². The van der Waals surface area contributed by atoms with Gasteiger partial charge in [0.2, 0.25) is 0 Å². The zero-order valence-electron chi connectivity index (χ0n) is 24.6. The third kappa shape index (κ3) is 6.27. The monoisotopic (exact) mass is 602 g/mol. The molecule has 0 aromatic carbocycles.